The number of hydrogen-bond acceptors (Lipinski definition) is 4. The summed E-state index contributed by atoms with van der Waals surface area (Å²) in [6, 6.07) is 2.00. The lowest BCUT2D eigenvalue weighted by Crippen LogP contribution is -2.10. The third-order valence-corrected chi connectivity index (χ3v) is 3.80. The summed E-state index contributed by atoms with van der Waals surface area (Å²) in [5, 5.41) is 6.72. The van der Waals surface area contributed by atoms with Crippen molar-refractivity contribution in [2.45, 2.75) is 58.8 Å². The van der Waals surface area contributed by atoms with Gasteiger partial charge in [-0.25, -0.2) is 4.98 Å². The molecule has 0 aromatic carbocycles. The monoisotopic (exact) mass is 288 g/mol. The van der Waals surface area contributed by atoms with Crippen molar-refractivity contribution < 1.29 is 0 Å². The molecule has 1 aliphatic rings. The van der Waals surface area contributed by atoms with Crippen molar-refractivity contribution in [3.63, 3.8) is 0 Å². The Kier molecular flexibility index (Phi) is 6.51. The fourth-order valence-corrected chi connectivity index (χ4v) is 2.60. The molecule has 1 heterocycles. The Balaban J connectivity index is 1.82. The van der Waals surface area contributed by atoms with Crippen molar-refractivity contribution in [2.24, 2.45) is 0 Å². The molecule has 21 heavy (non-hydrogen) atoms. The molecule has 0 saturated heterocycles. The molecule has 0 saturated carbocycles. The topological polar surface area (TPSA) is 49.8 Å². The average molecular weight is 288 g/mol. The molecule has 1 aromatic heterocycles. The van der Waals surface area contributed by atoms with Gasteiger partial charge in [0.15, 0.2) is 0 Å². The minimum atomic E-state index is 0.741. The van der Waals surface area contributed by atoms with Crippen LogP contribution in [0.15, 0.2) is 17.7 Å². The van der Waals surface area contributed by atoms with Crippen LogP contribution in [0.25, 0.3) is 0 Å². The Morgan fingerprint density at radius 3 is 2.81 bits per heavy atom. The van der Waals surface area contributed by atoms with Crippen LogP contribution < -0.4 is 10.6 Å². The van der Waals surface area contributed by atoms with E-state index in [1.54, 1.807) is 5.57 Å². The van der Waals surface area contributed by atoms with Crippen LogP contribution in [0.5, 0.6) is 0 Å². The SMILES string of the molecule is CCCCNc1cc(C)nc(NCCC2=CCCCC2)n1. The highest BCUT2D eigenvalue weighted by atomic mass is 15.1. The van der Waals surface area contributed by atoms with Gasteiger partial charge in [0, 0.05) is 24.8 Å². The Bertz CT molecular complexity index is 468. The van der Waals surface area contributed by atoms with Gasteiger partial charge in [-0.15, -0.1) is 0 Å². The number of aryl methyl sites for hydroxylation is 1. The highest BCUT2D eigenvalue weighted by Crippen LogP contribution is 2.20. The number of nitrogens with one attached hydrogen (secondary N) is 2. The molecular formula is C17H28N4. The number of unbranched alkanes of at least 4 members (excludes halogenated alkanes) is 1. The Labute approximate surface area is 128 Å². The molecule has 4 nitrogen and oxygen atoms in total. The zero-order chi connectivity index (χ0) is 14.9. The maximum absolute atomic E-state index is 4.54. The van der Waals surface area contributed by atoms with Gasteiger partial charge in [0.2, 0.25) is 5.95 Å². The fraction of sp³-hybridized carbons (Fsp3) is 0.647. The van der Waals surface area contributed by atoms with E-state index in [1.165, 1.54) is 38.5 Å². The van der Waals surface area contributed by atoms with Crippen molar-refractivity contribution in [1.82, 2.24) is 9.97 Å². The second kappa shape index (κ2) is 8.65. The van der Waals surface area contributed by atoms with E-state index < -0.39 is 0 Å². The first-order chi connectivity index (χ1) is 10.3. The largest absolute Gasteiger partial charge is 0.370 e. The quantitative estimate of drug-likeness (QED) is 0.553. The van der Waals surface area contributed by atoms with Gasteiger partial charge in [0.05, 0.1) is 0 Å². The van der Waals surface area contributed by atoms with E-state index in [-0.39, 0.29) is 0 Å². The first-order valence-corrected chi connectivity index (χ1v) is 8.29. The van der Waals surface area contributed by atoms with E-state index in [2.05, 4.69) is 33.6 Å². The van der Waals surface area contributed by atoms with Crippen molar-refractivity contribution >= 4 is 11.8 Å². The second-order valence-corrected chi connectivity index (χ2v) is 5.78. The van der Waals surface area contributed by atoms with E-state index >= 15 is 0 Å². The van der Waals surface area contributed by atoms with Crippen LogP contribution in [0.3, 0.4) is 0 Å². The van der Waals surface area contributed by atoms with Crippen LogP contribution in [0.1, 0.15) is 57.6 Å². The minimum Gasteiger partial charge on any atom is -0.370 e. The smallest absolute Gasteiger partial charge is 0.224 e. The number of rotatable bonds is 8. The summed E-state index contributed by atoms with van der Waals surface area (Å²) in [7, 11) is 0. The lowest BCUT2D eigenvalue weighted by molar-refractivity contribution is 0.679. The third kappa shape index (κ3) is 5.74. The standard InChI is InChI=1S/C17H28N4/c1-3-4-11-18-16-13-14(2)20-17(21-16)19-12-10-15-8-6-5-7-9-15/h8,13H,3-7,9-12H2,1-2H3,(H2,18,19,20,21). The first-order valence-electron chi connectivity index (χ1n) is 8.29. The Hall–Kier alpha value is -1.58. The summed E-state index contributed by atoms with van der Waals surface area (Å²) < 4.78 is 0. The van der Waals surface area contributed by atoms with Gasteiger partial charge >= 0.3 is 0 Å². The molecule has 0 atom stereocenters. The summed E-state index contributed by atoms with van der Waals surface area (Å²) in [5.41, 5.74) is 2.59. The number of anilines is 2. The van der Waals surface area contributed by atoms with Crippen molar-refractivity contribution in [1.29, 1.82) is 0 Å². The number of allylic oxidation sites excluding steroid dienone is 1. The van der Waals surface area contributed by atoms with Crippen LogP contribution in [-0.4, -0.2) is 23.1 Å². The van der Waals surface area contributed by atoms with E-state index in [0.717, 1.165) is 37.0 Å². The third-order valence-electron chi connectivity index (χ3n) is 3.80. The molecule has 0 radical (unpaired) electrons. The van der Waals surface area contributed by atoms with Crippen LogP contribution >= 0.6 is 0 Å². The molecule has 1 aromatic rings. The highest BCUT2D eigenvalue weighted by Gasteiger charge is 2.05. The van der Waals surface area contributed by atoms with E-state index in [9.17, 15) is 0 Å². The predicted molar refractivity (Wildman–Crippen MR) is 89.8 cm³/mol. The number of hydrogen-bond donors (Lipinski definition) is 2. The van der Waals surface area contributed by atoms with Gasteiger partial charge in [0.25, 0.3) is 0 Å². The maximum Gasteiger partial charge on any atom is 0.224 e. The van der Waals surface area contributed by atoms with Crippen LogP contribution in [0.4, 0.5) is 11.8 Å². The molecule has 2 N–H and O–H groups in total. The molecule has 116 valence electrons. The summed E-state index contributed by atoms with van der Waals surface area (Å²) in [6.07, 6.45) is 11.1. The molecule has 0 fully saturated rings. The average Bonchev–Trinajstić information content (AvgIpc) is 2.48. The van der Waals surface area contributed by atoms with Gasteiger partial charge in [-0.05, 0) is 45.4 Å². The molecule has 0 aliphatic heterocycles. The zero-order valence-corrected chi connectivity index (χ0v) is 13.4. The number of nitrogens with zero attached hydrogens (tertiary/aromatic N) is 2. The molecule has 4 heteroatoms. The summed E-state index contributed by atoms with van der Waals surface area (Å²) >= 11 is 0. The molecular weight excluding hydrogens is 260 g/mol. The van der Waals surface area contributed by atoms with Crippen molar-refractivity contribution in [2.75, 3.05) is 23.7 Å². The van der Waals surface area contributed by atoms with E-state index in [4.69, 9.17) is 0 Å². The summed E-state index contributed by atoms with van der Waals surface area (Å²) in [5.74, 6) is 1.67. The van der Waals surface area contributed by atoms with Crippen LogP contribution in [0.2, 0.25) is 0 Å². The lowest BCUT2D eigenvalue weighted by Gasteiger charge is -2.13. The van der Waals surface area contributed by atoms with Gasteiger partial charge < -0.3 is 10.6 Å². The molecule has 0 unspecified atom stereocenters. The predicted octanol–water partition coefficient (Wildman–Crippen LogP) is 4.30. The minimum absolute atomic E-state index is 0.741. The lowest BCUT2D eigenvalue weighted by atomic mass is 9.97. The van der Waals surface area contributed by atoms with Gasteiger partial charge in [-0.2, -0.15) is 4.98 Å². The van der Waals surface area contributed by atoms with E-state index in [0.29, 0.717) is 0 Å². The van der Waals surface area contributed by atoms with Crippen LogP contribution in [0, 0.1) is 6.92 Å². The Morgan fingerprint density at radius 2 is 2.05 bits per heavy atom. The summed E-state index contributed by atoms with van der Waals surface area (Å²) in [4.78, 5) is 9.00. The zero-order valence-electron chi connectivity index (χ0n) is 13.4. The molecule has 0 spiro atoms. The normalized spacial score (nSPS) is 14.7. The van der Waals surface area contributed by atoms with E-state index in [1.807, 2.05) is 13.0 Å². The van der Waals surface area contributed by atoms with Crippen LogP contribution in [-0.2, 0) is 0 Å². The highest BCUT2D eigenvalue weighted by molar-refractivity contribution is 5.42. The van der Waals surface area contributed by atoms with Crippen molar-refractivity contribution in [3.05, 3.63) is 23.4 Å². The number of aromatic nitrogens is 2. The molecule has 2 rings (SSSR count). The first kappa shape index (κ1) is 15.8. The van der Waals surface area contributed by atoms with Gasteiger partial charge in [0.1, 0.15) is 5.82 Å². The molecule has 0 amide bonds. The second-order valence-electron chi connectivity index (χ2n) is 5.78. The molecule has 0 bridgehead atoms. The maximum atomic E-state index is 4.54. The van der Waals surface area contributed by atoms with Gasteiger partial charge in [-0.3, -0.25) is 0 Å². The summed E-state index contributed by atoms with van der Waals surface area (Å²) in [6.45, 7) is 6.10. The van der Waals surface area contributed by atoms with Crippen molar-refractivity contribution in [3.8, 4) is 0 Å². The van der Waals surface area contributed by atoms with Gasteiger partial charge in [-0.1, -0.05) is 25.0 Å². The fourth-order valence-electron chi connectivity index (χ4n) is 2.60. The molecule has 1 aliphatic carbocycles. The Morgan fingerprint density at radius 1 is 1.14 bits per heavy atom.